The van der Waals surface area contributed by atoms with E-state index >= 15 is 0 Å². The molecule has 1 heterocycles. The minimum atomic E-state index is -3.22. The monoisotopic (exact) mass is 264 g/mol. The third kappa shape index (κ3) is 3.04. The number of hydrogen-bond donors (Lipinski definition) is 1. The van der Waals surface area contributed by atoms with Gasteiger partial charge in [0.15, 0.2) is 9.84 Å². The zero-order valence-electron chi connectivity index (χ0n) is 9.75. The normalized spacial score (nSPS) is 11.4. The third-order valence-corrected chi connectivity index (χ3v) is 3.53. The van der Waals surface area contributed by atoms with Gasteiger partial charge in [-0.1, -0.05) is 12.1 Å². The minimum absolute atomic E-state index is 0.223. The topological polar surface area (TPSA) is 79.9 Å². The summed E-state index contributed by atoms with van der Waals surface area (Å²) in [5.41, 5.74) is 0.562. The maximum Gasteiger partial charge on any atom is 0.250 e. The molecule has 0 aliphatic rings. The predicted octanol–water partition coefficient (Wildman–Crippen LogP) is 0.764. The minimum Gasteiger partial charge on any atom is -0.310 e. The van der Waals surface area contributed by atoms with Gasteiger partial charge in [0.1, 0.15) is 5.82 Å². The van der Waals surface area contributed by atoms with Crippen LogP contribution in [0, 0.1) is 0 Å². The first-order chi connectivity index (χ1) is 8.45. The van der Waals surface area contributed by atoms with Crippen molar-refractivity contribution in [2.45, 2.75) is 11.3 Å². The quantitative estimate of drug-likeness (QED) is 0.887. The molecule has 1 aromatic carbocycles. The summed E-state index contributed by atoms with van der Waals surface area (Å²) in [6, 6.07) is 7.92. The Morgan fingerprint density at radius 1 is 1.28 bits per heavy atom. The average Bonchev–Trinajstić information content (AvgIpc) is 2.28. The van der Waals surface area contributed by atoms with Crippen LogP contribution in [0.1, 0.15) is 11.4 Å². The van der Waals surface area contributed by atoms with Crippen LogP contribution in [-0.4, -0.2) is 24.6 Å². The Bertz CT molecular complexity index is 720. The lowest BCUT2D eigenvalue weighted by molar-refractivity contribution is 0.601. The number of sulfone groups is 1. The van der Waals surface area contributed by atoms with Crippen molar-refractivity contribution in [3.8, 4) is 0 Å². The van der Waals surface area contributed by atoms with Gasteiger partial charge in [-0.2, -0.15) is 0 Å². The average molecular weight is 264 g/mol. The molecule has 0 aliphatic heterocycles. The second-order valence-corrected chi connectivity index (χ2v) is 5.99. The van der Waals surface area contributed by atoms with Gasteiger partial charge in [0, 0.05) is 24.9 Å². The van der Waals surface area contributed by atoms with Crippen LogP contribution >= 0.6 is 0 Å². The largest absolute Gasteiger partial charge is 0.310 e. The summed E-state index contributed by atoms with van der Waals surface area (Å²) >= 11 is 0. The van der Waals surface area contributed by atoms with Crippen LogP contribution in [0.4, 0.5) is 0 Å². The molecule has 0 unspecified atom stereocenters. The third-order valence-electron chi connectivity index (χ3n) is 2.42. The van der Waals surface area contributed by atoms with E-state index in [-0.39, 0.29) is 10.5 Å². The van der Waals surface area contributed by atoms with Crippen LogP contribution in [0.25, 0.3) is 0 Å². The second-order valence-electron chi connectivity index (χ2n) is 3.98. The van der Waals surface area contributed by atoms with Gasteiger partial charge in [-0.05, 0) is 17.7 Å². The fourth-order valence-corrected chi connectivity index (χ4v) is 2.27. The van der Waals surface area contributed by atoms with E-state index in [1.165, 1.54) is 12.3 Å². The van der Waals surface area contributed by atoms with E-state index in [0.717, 1.165) is 11.8 Å². The standard InChI is InChI=1S/C12H12N2O3S/c1-18(16,17)10-4-2-3-9(7-10)8-11-13-6-5-12(15)14-11/h2-7H,8H2,1H3,(H,13,14,15). The number of H-pyrrole nitrogens is 1. The zero-order valence-corrected chi connectivity index (χ0v) is 10.6. The van der Waals surface area contributed by atoms with Crippen LogP contribution < -0.4 is 5.56 Å². The molecule has 1 aromatic heterocycles. The van der Waals surface area contributed by atoms with Crippen LogP contribution in [0.15, 0.2) is 46.2 Å². The summed E-state index contributed by atoms with van der Waals surface area (Å²) < 4.78 is 22.8. The number of nitrogens with one attached hydrogen (secondary N) is 1. The Morgan fingerprint density at radius 2 is 2.06 bits per heavy atom. The highest BCUT2D eigenvalue weighted by molar-refractivity contribution is 7.90. The zero-order chi connectivity index (χ0) is 13.2. The number of rotatable bonds is 3. The molecule has 0 atom stereocenters. The molecular weight excluding hydrogens is 252 g/mol. The highest BCUT2D eigenvalue weighted by Gasteiger charge is 2.08. The van der Waals surface area contributed by atoms with Gasteiger partial charge < -0.3 is 4.98 Å². The lowest BCUT2D eigenvalue weighted by atomic mass is 10.1. The lowest BCUT2D eigenvalue weighted by Crippen LogP contribution is -2.09. The summed E-state index contributed by atoms with van der Waals surface area (Å²) in [5.74, 6) is 0.508. The number of hydrogen-bond acceptors (Lipinski definition) is 4. The number of aromatic amines is 1. The van der Waals surface area contributed by atoms with Crippen molar-refractivity contribution < 1.29 is 8.42 Å². The summed E-state index contributed by atoms with van der Waals surface area (Å²) in [6.45, 7) is 0. The Labute approximate surface area is 104 Å². The molecule has 2 aromatic rings. The van der Waals surface area contributed by atoms with E-state index in [4.69, 9.17) is 0 Å². The molecule has 18 heavy (non-hydrogen) atoms. The smallest absolute Gasteiger partial charge is 0.250 e. The van der Waals surface area contributed by atoms with E-state index in [1.54, 1.807) is 24.3 Å². The van der Waals surface area contributed by atoms with E-state index in [2.05, 4.69) is 9.97 Å². The SMILES string of the molecule is CS(=O)(=O)c1cccc(Cc2nccc(=O)[nH]2)c1. The van der Waals surface area contributed by atoms with Crippen molar-refractivity contribution in [1.29, 1.82) is 0 Å². The van der Waals surface area contributed by atoms with E-state index in [9.17, 15) is 13.2 Å². The van der Waals surface area contributed by atoms with Gasteiger partial charge in [0.25, 0.3) is 5.56 Å². The Morgan fingerprint density at radius 3 is 2.72 bits per heavy atom. The van der Waals surface area contributed by atoms with Gasteiger partial charge in [-0.3, -0.25) is 4.79 Å². The molecule has 0 radical (unpaired) electrons. The van der Waals surface area contributed by atoms with Crippen LogP contribution in [-0.2, 0) is 16.3 Å². The van der Waals surface area contributed by atoms with Crippen molar-refractivity contribution in [2.75, 3.05) is 6.26 Å². The summed E-state index contributed by atoms with van der Waals surface area (Å²) in [4.78, 5) is 18.0. The van der Waals surface area contributed by atoms with Crippen molar-refractivity contribution in [3.05, 3.63) is 58.3 Å². The van der Waals surface area contributed by atoms with Crippen LogP contribution in [0.3, 0.4) is 0 Å². The molecule has 0 amide bonds. The van der Waals surface area contributed by atoms with E-state index < -0.39 is 9.84 Å². The fraction of sp³-hybridized carbons (Fsp3) is 0.167. The number of aromatic nitrogens is 2. The number of nitrogens with zero attached hydrogens (tertiary/aromatic N) is 1. The lowest BCUT2D eigenvalue weighted by Gasteiger charge is -2.03. The summed E-state index contributed by atoms with van der Waals surface area (Å²) in [5, 5.41) is 0. The Hall–Kier alpha value is -1.95. The first-order valence-corrected chi connectivity index (χ1v) is 7.17. The molecular formula is C12H12N2O3S. The van der Waals surface area contributed by atoms with Crippen molar-refractivity contribution in [3.63, 3.8) is 0 Å². The molecule has 1 N–H and O–H groups in total. The van der Waals surface area contributed by atoms with Gasteiger partial charge in [0.2, 0.25) is 0 Å². The first-order valence-electron chi connectivity index (χ1n) is 5.28. The van der Waals surface area contributed by atoms with Crippen molar-refractivity contribution >= 4 is 9.84 Å². The van der Waals surface area contributed by atoms with Gasteiger partial charge >= 0.3 is 0 Å². The predicted molar refractivity (Wildman–Crippen MR) is 67.2 cm³/mol. The first kappa shape index (κ1) is 12.5. The molecule has 5 nitrogen and oxygen atoms in total. The number of benzene rings is 1. The molecule has 6 heteroatoms. The molecule has 0 spiro atoms. The van der Waals surface area contributed by atoms with Crippen molar-refractivity contribution in [1.82, 2.24) is 9.97 Å². The van der Waals surface area contributed by atoms with Gasteiger partial charge in [0.05, 0.1) is 4.90 Å². The molecule has 0 aliphatic carbocycles. The molecule has 0 bridgehead atoms. The Balaban J connectivity index is 2.33. The summed E-state index contributed by atoms with van der Waals surface area (Å²) in [6.07, 6.45) is 2.97. The van der Waals surface area contributed by atoms with Crippen LogP contribution in [0.5, 0.6) is 0 Å². The molecule has 2 rings (SSSR count). The van der Waals surface area contributed by atoms with Crippen molar-refractivity contribution in [2.24, 2.45) is 0 Å². The molecule has 0 fully saturated rings. The summed E-state index contributed by atoms with van der Waals surface area (Å²) in [7, 11) is -3.22. The van der Waals surface area contributed by atoms with Gasteiger partial charge in [-0.25, -0.2) is 13.4 Å². The highest BCUT2D eigenvalue weighted by Crippen LogP contribution is 2.12. The van der Waals surface area contributed by atoms with Gasteiger partial charge in [-0.15, -0.1) is 0 Å². The highest BCUT2D eigenvalue weighted by atomic mass is 32.2. The fourth-order valence-electron chi connectivity index (χ4n) is 1.58. The Kier molecular flexibility index (Phi) is 3.29. The van der Waals surface area contributed by atoms with Crippen LogP contribution in [0.2, 0.25) is 0 Å². The van der Waals surface area contributed by atoms with E-state index in [0.29, 0.717) is 12.2 Å². The maximum atomic E-state index is 11.4. The molecule has 0 saturated carbocycles. The van der Waals surface area contributed by atoms with E-state index in [1.807, 2.05) is 0 Å². The second kappa shape index (κ2) is 4.73. The molecule has 94 valence electrons. The molecule has 0 saturated heterocycles. The maximum absolute atomic E-state index is 11.4.